The lowest BCUT2D eigenvalue weighted by atomic mass is 10.1. The van der Waals surface area contributed by atoms with Crippen LogP contribution in [0.25, 0.3) is 0 Å². The molecule has 0 saturated carbocycles. The van der Waals surface area contributed by atoms with Gasteiger partial charge < -0.3 is 9.67 Å². The van der Waals surface area contributed by atoms with E-state index in [9.17, 15) is 13.5 Å². The Kier molecular flexibility index (Phi) is 3.95. The number of aromatic hydroxyl groups is 1. The van der Waals surface area contributed by atoms with Gasteiger partial charge in [-0.1, -0.05) is 6.07 Å². The number of imidazole rings is 1. The number of hydrogen-bond donors (Lipinski definition) is 2. The van der Waals surface area contributed by atoms with Crippen LogP contribution in [-0.2, 0) is 16.6 Å². The summed E-state index contributed by atoms with van der Waals surface area (Å²) < 4.78 is 28.9. The summed E-state index contributed by atoms with van der Waals surface area (Å²) in [7, 11) is -3.82. The molecule has 114 valence electrons. The Hall–Kier alpha value is -2.02. The molecule has 6 nitrogen and oxygen atoms in total. The topological polar surface area (TPSA) is 84.2 Å². The Morgan fingerprint density at radius 2 is 1.95 bits per heavy atom. The van der Waals surface area contributed by atoms with E-state index >= 15 is 0 Å². The van der Waals surface area contributed by atoms with Gasteiger partial charge in [-0.25, -0.2) is 4.98 Å². The number of sulfonamides is 1. The van der Waals surface area contributed by atoms with Crippen molar-refractivity contribution in [1.29, 1.82) is 0 Å². The molecule has 1 aromatic carbocycles. The number of benzene rings is 1. The summed E-state index contributed by atoms with van der Waals surface area (Å²) in [5.41, 5.74) is 1.64. The maximum atomic E-state index is 12.4. The quantitative estimate of drug-likeness (QED) is 0.849. The number of hydrogen-bond acceptors (Lipinski definition) is 4. The summed E-state index contributed by atoms with van der Waals surface area (Å²) in [6, 6.07) is 3.37. The van der Waals surface area contributed by atoms with Crippen molar-refractivity contribution in [2.24, 2.45) is 0 Å². The monoisotopic (exact) mass is 309 g/mol. The fourth-order valence-electron chi connectivity index (χ4n) is 2.16. The molecule has 0 bridgehead atoms. The molecule has 1 heterocycles. The summed E-state index contributed by atoms with van der Waals surface area (Å²) >= 11 is 0. The standard InChI is InChI=1S/C14H19N3O3S/c1-5-17-8-13(15-11(17)4)21(19,20)16-12-7-9(2)6-10(3)14(12)18/h6-8,16,18H,5H2,1-4H3. The predicted octanol–water partition coefficient (Wildman–Crippen LogP) is 2.33. The lowest BCUT2D eigenvalue weighted by Gasteiger charge is -2.10. The molecule has 0 unspecified atom stereocenters. The summed E-state index contributed by atoms with van der Waals surface area (Å²) in [5, 5.41) is 9.93. The number of phenolic OH excluding ortho intramolecular Hbond substituents is 1. The van der Waals surface area contributed by atoms with Crippen LogP contribution in [0.2, 0.25) is 0 Å². The molecule has 7 heteroatoms. The summed E-state index contributed by atoms with van der Waals surface area (Å²) in [6.07, 6.45) is 1.48. The molecule has 2 N–H and O–H groups in total. The van der Waals surface area contributed by atoms with E-state index in [-0.39, 0.29) is 16.5 Å². The van der Waals surface area contributed by atoms with Gasteiger partial charge in [0.25, 0.3) is 10.0 Å². The van der Waals surface area contributed by atoms with Gasteiger partial charge in [0, 0.05) is 12.7 Å². The molecule has 0 saturated heterocycles. The highest BCUT2D eigenvalue weighted by Gasteiger charge is 2.21. The normalized spacial score (nSPS) is 11.6. The second kappa shape index (κ2) is 5.40. The summed E-state index contributed by atoms with van der Waals surface area (Å²) in [4.78, 5) is 4.05. The number of nitrogens with one attached hydrogen (secondary N) is 1. The Morgan fingerprint density at radius 1 is 1.29 bits per heavy atom. The number of aromatic nitrogens is 2. The Labute approximate surface area is 124 Å². The third-order valence-corrected chi connectivity index (χ3v) is 4.50. The van der Waals surface area contributed by atoms with Crippen LogP contribution < -0.4 is 4.72 Å². The van der Waals surface area contributed by atoms with Crippen molar-refractivity contribution >= 4 is 15.7 Å². The van der Waals surface area contributed by atoms with E-state index < -0.39 is 10.0 Å². The number of nitrogens with zero attached hydrogens (tertiary/aromatic N) is 2. The van der Waals surface area contributed by atoms with Gasteiger partial charge in [-0.3, -0.25) is 4.72 Å². The van der Waals surface area contributed by atoms with E-state index in [2.05, 4.69) is 9.71 Å². The van der Waals surface area contributed by atoms with Crippen molar-refractivity contribution in [2.45, 2.75) is 39.3 Å². The summed E-state index contributed by atoms with van der Waals surface area (Å²) in [6.45, 7) is 7.85. The van der Waals surface area contributed by atoms with Gasteiger partial charge in [0.15, 0.2) is 5.03 Å². The average Bonchev–Trinajstić information content (AvgIpc) is 2.77. The molecule has 0 aliphatic carbocycles. The van der Waals surface area contributed by atoms with Crippen LogP contribution in [0.15, 0.2) is 23.4 Å². The van der Waals surface area contributed by atoms with Crippen LogP contribution in [-0.4, -0.2) is 23.1 Å². The average molecular weight is 309 g/mol. The van der Waals surface area contributed by atoms with Gasteiger partial charge in [0.1, 0.15) is 11.6 Å². The van der Waals surface area contributed by atoms with Gasteiger partial charge in [-0.2, -0.15) is 8.42 Å². The second-order valence-corrected chi connectivity index (χ2v) is 6.63. The van der Waals surface area contributed by atoms with Crippen molar-refractivity contribution in [1.82, 2.24) is 9.55 Å². The van der Waals surface area contributed by atoms with Crippen molar-refractivity contribution in [3.8, 4) is 5.75 Å². The van der Waals surface area contributed by atoms with Gasteiger partial charge in [-0.05, 0) is 44.9 Å². The second-order valence-electron chi connectivity index (χ2n) is 5.00. The van der Waals surface area contributed by atoms with E-state index in [0.29, 0.717) is 17.9 Å². The first-order valence-corrected chi connectivity index (χ1v) is 8.09. The van der Waals surface area contributed by atoms with E-state index in [4.69, 9.17) is 0 Å². The van der Waals surface area contributed by atoms with Crippen LogP contribution in [0.1, 0.15) is 23.9 Å². The minimum atomic E-state index is -3.82. The van der Waals surface area contributed by atoms with E-state index in [1.165, 1.54) is 6.20 Å². The SMILES string of the molecule is CCn1cc(S(=O)(=O)Nc2cc(C)cc(C)c2O)nc1C. The number of anilines is 1. The van der Waals surface area contributed by atoms with Crippen LogP contribution in [0.3, 0.4) is 0 Å². The highest BCUT2D eigenvalue weighted by molar-refractivity contribution is 7.92. The van der Waals surface area contributed by atoms with Crippen LogP contribution in [0.5, 0.6) is 5.75 Å². The lowest BCUT2D eigenvalue weighted by Crippen LogP contribution is -2.14. The number of aryl methyl sites for hydroxylation is 4. The minimum Gasteiger partial charge on any atom is -0.505 e. The highest BCUT2D eigenvalue weighted by Crippen LogP contribution is 2.30. The molecular formula is C14H19N3O3S. The van der Waals surface area contributed by atoms with Crippen molar-refractivity contribution in [2.75, 3.05) is 4.72 Å². The molecule has 0 fully saturated rings. The predicted molar refractivity (Wildman–Crippen MR) is 81.0 cm³/mol. The zero-order valence-electron chi connectivity index (χ0n) is 12.5. The first-order valence-electron chi connectivity index (χ1n) is 6.61. The molecule has 0 spiro atoms. The fourth-order valence-corrected chi connectivity index (χ4v) is 3.23. The van der Waals surface area contributed by atoms with Crippen LogP contribution in [0.4, 0.5) is 5.69 Å². The van der Waals surface area contributed by atoms with E-state index in [0.717, 1.165) is 5.56 Å². The van der Waals surface area contributed by atoms with E-state index in [1.807, 2.05) is 13.8 Å². The van der Waals surface area contributed by atoms with Gasteiger partial charge in [-0.15, -0.1) is 0 Å². The number of phenols is 1. The molecule has 2 aromatic rings. The molecule has 0 aliphatic heterocycles. The van der Waals surface area contributed by atoms with E-state index in [1.54, 1.807) is 30.5 Å². The molecule has 0 atom stereocenters. The third kappa shape index (κ3) is 3.02. The fraction of sp³-hybridized carbons (Fsp3) is 0.357. The first kappa shape index (κ1) is 15.4. The van der Waals surface area contributed by atoms with Gasteiger partial charge in [0.2, 0.25) is 0 Å². The molecule has 0 amide bonds. The third-order valence-electron chi connectivity index (χ3n) is 3.26. The zero-order valence-corrected chi connectivity index (χ0v) is 13.3. The number of rotatable bonds is 4. The lowest BCUT2D eigenvalue weighted by molar-refractivity contribution is 0.473. The smallest absolute Gasteiger partial charge is 0.281 e. The molecule has 0 radical (unpaired) electrons. The molecule has 0 aliphatic rings. The molecule has 1 aromatic heterocycles. The zero-order chi connectivity index (χ0) is 15.8. The van der Waals surface area contributed by atoms with Gasteiger partial charge in [0.05, 0.1) is 5.69 Å². The first-order chi connectivity index (χ1) is 9.74. The molecule has 21 heavy (non-hydrogen) atoms. The van der Waals surface area contributed by atoms with Crippen LogP contribution in [0, 0.1) is 20.8 Å². The van der Waals surface area contributed by atoms with Crippen LogP contribution >= 0.6 is 0 Å². The minimum absolute atomic E-state index is 0.0552. The maximum Gasteiger partial charge on any atom is 0.281 e. The van der Waals surface area contributed by atoms with Crippen molar-refractivity contribution in [3.05, 3.63) is 35.3 Å². The Bertz CT molecular complexity index is 779. The summed E-state index contributed by atoms with van der Waals surface area (Å²) in [5.74, 6) is 0.554. The largest absolute Gasteiger partial charge is 0.505 e. The Morgan fingerprint density at radius 3 is 2.52 bits per heavy atom. The highest BCUT2D eigenvalue weighted by atomic mass is 32.2. The molecule has 2 rings (SSSR count). The Balaban J connectivity index is 2.42. The van der Waals surface area contributed by atoms with Crippen molar-refractivity contribution in [3.63, 3.8) is 0 Å². The molecular weight excluding hydrogens is 290 g/mol. The van der Waals surface area contributed by atoms with Gasteiger partial charge >= 0.3 is 0 Å². The maximum absolute atomic E-state index is 12.4. The van der Waals surface area contributed by atoms with Crippen molar-refractivity contribution < 1.29 is 13.5 Å².